The Bertz CT molecular complexity index is 1010. The Morgan fingerprint density at radius 2 is 1.72 bits per heavy atom. The zero-order valence-electron chi connectivity index (χ0n) is 19.2. The number of rotatable bonds is 6. The van der Waals surface area contributed by atoms with Crippen molar-refractivity contribution in [2.45, 2.75) is 39.3 Å². The van der Waals surface area contributed by atoms with E-state index in [-0.39, 0.29) is 11.3 Å². The number of ether oxygens (including phenoxy) is 1. The number of nitrogens with zero attached hydrogens (tertiary/aromatic N) is 2. The van der Waals surface area contributed by atoms with Crippen molar-refractivity contribution >= 4 is 5.91 Å². The minimum absolute atomic E-state index is 0.0824. The molecule has 3 aromatic rings. The van der Waals surface area contributed by atoms with Gasteiger partial charge in [-0.25, -0.2) is 0 Å². The Balaban J connectivity index is 1.31. The van der Waals surface area contributed by atoms with Crippen LogP contribution in [0.5, 0.6) is 5.75 Å². The van der Waals surface area contributed by atoms with E-state index in [0.717, 1.165) is 49.8 Å². The van der Waals surface area contributed by atoms with Crippen LogP contribution >= 0.6 is 0 Å². The summed E-state index contributed by atoms with van der Waals surface area (Å²) in [5, 5.41) is 0. The van der Waals surface area contributed by atoms with Crippen molar-refractivity contribution < 1.29 is 13.9 Å². The molecule has 1 aromatic heterocycles. The third-order valence-electron chi connectivity index (χ3n) is 5.92. The molecule has 4 rings (SSSR count). The van der Waals surface area contributed by atoms with Gasteiger partial charge in [0.2, 0.25) is 0 Å². The molecule has 0 N–H and O–H groups in total. The predicted octanol–water partition coefficient (Wildman–Crippen LogP) is 5.11. The number of carbonyl (C=O) groups is 1. The van der Waals surface area contributed by atoms with E-state index in [2.05, 4.69) is 37.8 Å². The van der Waals surface area contributed by atoms with Crippen LogP contribution in [0.2, 0.25) is 0 Å². The topological polar surface area (TPSA) is 45.9 Å². The van der Waals surface area contributed by atoms with Crippen LogP contribution in [-0.4, -0.2) is 41.9 Å². The van der Waals surface area contributed by atoms with Crippen LogP contribution in [0.4, 0.5) is 0 Å². The molecule has 1 amide bonds. The first-order valence-corrected chi connectivity index (χ1v) is 11.2. The number of furan rings is 1. The van der Waals surface area contributed by atoms with E-state index >= 15 is 0 Å². The van der Waals surface area contributed by atoms with E-state index in [1.165, 1.54) is 5.56 Å². The van der Waals surface area contributed by atoms with Crippen LogP contribution in [0.3, 0.4) is 0 Å². The smallest absolute Gasteiger partial charge is 0.253 e. The van der Waals surface area contributed by atoms with Gasteiger partial charge in [-0.3, -0.25) is 9.69 Å². The minimum Gasteiger partial charge on any atom is -0.489 e. The maximum absolute atomic E-state index is 13.0. The lowest BCUT2D eigenvalue weighted by molar-refractivity contribution is 0.0620. The van der Waals surface area contributed by atoms with Crippen LogP contribution in [0, 0.1) is 0 Å². The summed E-state index contributed by atoms with van der Waals surface area (Å²) in [5.74, 6) is 1.88. The minimum atomic E-state index is 0.0824. The summed E-state index contributed by atoms with van der Waals surface area (Å²) >= 11 is 0. The third kappa shape index (κ3) is 5.60. The molecule has 0 unspecified atom stereocenters. The molecule has 0 bridgehead atoms. The highest BCUT2D eigenvalue weighted by atomic mass is 16.5. The summed E-state index contributed by atoms with van der Waals surface area (Å²) < 4.78 is 11.4. The van der Waals surface area contributed by atoms with Gasteiger partial charge in [0.1, 0.15) is 18.1 Å². The lowest BCUT2D eigenvalue weighted by Gasteiger charge is -2.34. The summed E-state index contributed by atoms with van der Waals surface area (Å²) in [6.07, 6.45) is 1.70. The van der Waals surface area contributed by atoms with Gasteiger partial charge in [0.25, 0.3) is 5.91 Å². The molecule has 2 aromatic carbocycles. The molecule has 1 fully saturated rings. The Hall–Kier alpha value is -3.05. The van der Waals surface area contributed by atoms with Crippen LogP contribution in [0.25, 0.3) is 0 Å². The molecule has 5 heteroatoms. The lowest BCUT2D eigenvalue weighted by atomic mass is 9.87. The Morgan fingerprint density at radius 3 is 2.38 bits per heavy atom. The van der Waals surface area contributed by atoms with Crippen molar-refractivity contribution in [1.82, 2.24) is 9.80 Å². The maximum Gasteiger partial charge on any atom is 0.253 e. The molecule has 1 aliphatic heterocycles. The van der Waals surface area contributed by atoms with E-state index in [0.29, 0.717) is 12.2 Å². The average molecular weight is 433 g/mol. The van der Waals surface area contributed by atoms with E-state index < -0.39 is 0 Å². The van der Waals surface area contributed by atoms with Gasteiger partial charge in [-0.05, 0) is 52.9 Å². The molecule has 168 valence electrons. The standard InChI is InChI=1S/C27H32N2O3/c1-27(2,3)23-9-11-24(12-10-23)32-20-21-6-4-7-22(18-21)26(30)29-15-13-28(14-16-29)19-25-8-5-17-31-25/h4-12,17-18H,13-16,19-20H2,1-3H3. The number of benzene rings is 2. The van der Waals surface area contributed by atoms with Crippen molar-refractivity contribution in [2.24, 2.45) is 0 Å². The fraction of sp³-hybridized carbons (Fsp3) is 0.370. The molecule has 2 heterocycles. The zero-order chi connectivity index (χ0) is 22.6. The Morgan fingerprint density at radius 1 is 0.969 bits per heavy atom. The second-order valence-corrected chi connectivity index (χ2v) is 9.41. The van der Waals surface area contributed by atoms with Gasteiger partial charge in [0.05, 0.1) is 12.8 Å². The SMILES string of the molecule is CC(C)(C)c1ccc(OCc2cccc(C(=O)N3CCN(Cc4ccco4)CC3)c2)cc1. The number of hydrogen-bond acceptors (Lipinski definition) is 4. The molecule has 0 spiro atoms. The quantitative estimate of drug-likeness (QED) is 0.543. The summed E-state index contributed by atoms with van der Waals surface area (Å²) in [6.45, 7) is 11.0. The molecule has 0 saturated carbocycles. The van der Waals surface area contributed by atoms with E-state index in [1.54, 1.807) is 6.26 Å². The normalized spacial score (nSPS) is 15.0. The molecule has 0 aliphatic carbocycles. The Kier molecular flexibility index (Phi) is 6.66. The van der Waals surface area contributed by atoms with E-state index in [4.69, 9.17) is 9.15 Å². The van der Waals surface area contributed by atoms with Crippen molar-refractivity contribution in [3.8, 4) is 5.75 Å². The summed E-state index contributed by atoms with van der Waals surface area (Å²) in [4.78, 5) is 17.3. The first-order chi connectivity index (χ1) is 15.4. The summed E-state index contributed by atoms with van der Waals surface area (Å²) in [7, 11) is 0. The van der Waals surface area contributed by atoms with Crippen molar-refractivity contribution in [1.29, 1.82) is 0 Å². The number of piperazine rings is 1. The second kappa shape index (κ2) is 9.61. The molecule has 0 radical (unpaired) electrons. The van der Waals surface area contributed by atoms with Crippen LogP contribution < -0.4 is 4.74 Å². The van der Waals surface area contributed by atoms with Gasteiger partial charge in [-0.2, -0.15) is 0 Å². The molecule has 5 nitrogen and oxygen atoms in total. The second-order valence-electron chi connectivity index (χ2n) is 9.41. The highest BCUT2D eigenvalue weighted by molar-refractivity contribution is 5.94. The highest BCUT2D eigenvalue weighted by Gasteiger charge is 2.22. The van der Waals surface area contributed by atoms with E-state index in [1.807, 2.05) is 53.4 Å². The zero-order valence-corrected chi connectivity index (χ0v) is 19.2. The van der Waals surface area contributed by atoms with Gasteiger partial charge < -0.3 is 14.1 Å². The predicted molar refractivity (Wildman–Crippen MR) is 126 cm³/mol. The van der Waals surface area contributed by atoms with Gasteiger partial charge >= 0.3 is 0 Å². The first kappa shape index (κ1) is 22.2. The third-order valence-corrected chi connectivity index (χ3v) is 5.92. The maximum atomic E-state index is 13.0. The van der Waals surface area contributed by atoms with Crippen molar-refractivity contribution in [3.05, 3.63) is 89.4 Å². The van der Waals surface area contributed by atoms with Crippen LogP contribution in [-0.2, 0) is 18.6 Å². The van der Waals surface area contributed by atoms with E-state index in [9.17, 15) is 4.79 Å². The van der Waals surface area contributed by atoms with Gasteiger partial charge in [0.15, 0.2) is 0 Å². The molecular weight excluding hydrogens is 400 g/mol. The molecular formula is C27H32N2O3. The monoisotopic (exact) mass is 432 g/mol. The van der Waals surface area contributed by atoms with Gasteiger partial charge in [0, 0.05) is 31.7 Å². The molecule has 1 saturated heterocycles. The first-order valence-electron chi connectivity index (χ1n) is 11.2. The summed E-state index contributed by atoms with van der Waals surface area (Å²) in [5.41, 5.74) is 3.11. The fourth-order valence-corrected chi connectivity index (χ4v) is 3.93. The van der Waals surface area contributed by atoms with Crippen molar-refractivity contribution in [2.75, 3.05) is 26.2 Å². The van der Waals surface area contributed by atoms with Gasteiger partial charge in [-0.1, -0.05) is 45.0 Å². The van der Waals surface area contributed by atoms with Crippen LogP contribution in [0.1, 0.15) is 48.0 Å². The highest BCUT2D eigenvalue weighted by Crippen LogP contribution is 2.24. The largest absolute Gasteiger partial charge is 0.489 e. The molecule has 32 heavy (non-hydrogen) atoms. The number of carbonyl (C=O) groups excluding carboxylic acids is 1. The lowest BCUT2D eigenvalue weighted by Crippen LogP contribution is -2.48. The number of amides is 1. The Labute approximate surface area is 190 Å². The molecule has 1 aliphatic rings. The molecule has 0 atom stereocenters. The fourth-order valence-electron chi connectivity index (χ4n) is 3.93. The average Bonchev–Trinajstić information content (AvgIpc) is 3.31. The van der Waals surface area contributed by atoms with Crippen molar-refractivity contribution in [3.63, 3.8) is 0 Å². The van der Waals surface area contributed by atoms with Gasteiger partial charge in [-0.15, -0.1) is 0 Å². The number of hydrogen-bond donors (Lipinski definition) is 0. The summed E-state index contributed by atoms with van der Waals surface area (Å²) in [6, 6.07) is 19.9. The van der Waals surface area contributed by atoms with Crippen LogP contribution in [0.15, 0.2) is 71.3 Å².